The Morgan fingerprint density at radius 3 is 3.00 bits per heavy atom. The molecule has 0 bridgehead atoms. The lowest BCUT2D eigenvalue weighted by molar-refractivity contribution is -0.113. The molecule has 0 saturated heterocycles. The van der Waals surface area contributed by atoms with Gasteiger partial charge in [0.15, 0.2) is 5.16 Å². The molecule has 3 aromatic rings. The third-order valence-electron chi connectivity index (χ3n) is 4.37. The van der Waals surface area contributed by atoms with Gasteiger partial charge in [-0.15, -0.1) is 20.4 Å². The van der Waals surface area contributed by atoms with Crippen molar-refractivity contribution in [2.45, 2.75) is 38.4 Å². The molecule has 1 aliphatic heterocycles. The molecule has 10 heteroatoms. The Kier molecular flexibility index (Phi) is 5.58. The summed E-state index contributed by atoms with van der Waals surface area (Å²) in [7, 11) is 0. The fourth-order valence-electron chi connectivity index (χ4n) is 3.00. The van der Waals surface area contributed by atoms with Crippen molar-refractivity contribution in [3.05, 3.63) is 29.6 Å². The van der Waals surface area contributed by atoms with Gasteiger partial charge < -0.3 is 9.30 Å². The summed E-state index contributed by atoms with van der Waals surface area (Å²) in [5, 5.41) is 21.5. The largest absolute Gasteiger partial charge is 0.493 e. The van der Waals surface area contributed by atoms with E-state index < -0.39 is 0 Å². The standard InChI is InChI=1S/C18H20N6O2S2/c1-3-14-20-23-18(24(14)4-2)27-10-15(25)19-17-22-21-16(28-17)12-5-6-13-11(9-12)7-8-26-13/h5-6,9H,3-4,7-8,10H2,1-2H3,(H,19,22,25). The number of amides is 1. The van der Waals surface area contributed by atoms with E-state index in [1.54, 1.807) is 0 Å². The number of thioether (sulfide) groups is 1. The summed E-state index contributed by atoms with van der Waals surface area (Å²) < 4.78 is 7.56. The average molecular weight is 417 g/mol. The SMILES string of the molecule is CCc1nnc(SCC(=O)Nc2nnc(-c3ccc4c(c3)CCO4)s2)n1CC. The van der Waals surface area contributed by atoms with Crippen molar-refractivity contribution < 1.29 is 9.53 Å². The monoisotopic (exact) mass is 416 g/mol. The van der Waals surface area contributed by atoms with Gasteiger partial charge >= 0.3 is 0 Å². The van der Waals surface area contributed by atoms with Gasteiger partial charge in [0.25, 0.3) is 0 Å². The van der Waals surface area contributed by atoms with E-state index in [1.807, 2.05) is 30.5 Å². The first-order valence-electron chi connectivity index (χ1n) is 9.12. The van der Waals surface area contributed by atoms with E-state index in [0.717, 1.165) is 53.3 Å². The number of nitrogens with one attached hydrogen (secondary N) is 1. The number of ether oxygens (including phenoxy) is 1. The highest BCUT2D eigenvalue weighted by Gasteiger charge is 2.16. The van der Waals surface area contributed by atoms with E-state index in [0.29, 0.717) is 5.13 Å². The lowest BCUT2D eigenvalue weighted by atomic mass is 10.1. The molecule has 28 heavy (non-hydrogen) atoms. The second-order valence-electron chi connectivity index (χ2n) is 6.17. The maximum absolute atomic E-state index is 12.3. The lowest BCUT2D eigenvalue weighted by Gasteiger charge is -2.05. The van der Waals surface area contributed by atoms with Gasteiger partial charge in [-0.3, -0.25) is 10.1 Å². The minimum Gasteiger partial charge on any atom is -0.493 e. The zero-order valence-corrected chi connectivity index (χ0v) is 17.3. The summed E-state index contributed by atoms with van der Waals surface area (Å²) in [5.74, 6) is 1.97. The predicted octanol–water partition coefficient (Wildman–Crippen LogP) is 3.04. The third kappa shape index (κ3) is 3.88. The van der Waals surface area contributed by atoms with Crippen LogP contribution < -0.4 is 10.1 Å². The Bertz CT molecular complexity index is 1000. The molecule has 1 aliphatic rings. The minimum atomic E-state index is -0.140. The number of carbonyl (C=O) groups excluding carboxylic acids is 1. The van der Waals surface area contributed by atoms with Crippen LogP contribution >= 0.6 is 23.1 Å². The number of aromatic nitrogens is 5. The van der Waals surface area contributed by atoms with Crippen LogP contribution in [0.5, 0.6) is 5.75 Å². The lowest BCUT2D eigenvalue weighted by Crippen LogP contribution is -2.14. The molecule has 0 saturated carbocycles. The Balaban J connectivity index is 1.37. The fraction of sp³-hybridized carbons (Fsp3) is 0.389. The molecule has 1 aromatic carbocycles. The van der Waals surface area contributed by atoms with Gasteiger partial charge in [-0.05, 0) is 30.7 Å². The number of benzene rings is 1. The highest BCUT2D eigenvalue weighted by molar-refractivity contribution is 7.99. The molecular formula is C18H20N6O2S2. The topological polar surface area (TPSA) is 94.8 Å². The van der Waals surface area contributed by atoms with Crippen LogP contribution in [0.1, 0.15) is 25.2 Å². The van der Waals surface area contributed by atoms with Crippen LogP contribution in [-0.2, 0) is 24.2 Å². The van der Waals surface area contributed by atoms with E-state index in [-0.39, 0.29) is 11.7 Å². The van der Waals surface area contributed by atoms with Crippen LogP contribution in [0.3, 0.4) is 0 Å². The van der Waals surface area contributed by atoms with Crippen LogP contribution in [-0.4, -0.2) is 43.2 Å². The van der Waals surface area contributed by atoms with Gasteiger partial charge in [-0.1, -0.05) is 30.0 Å². The highest BCUT2D eigenvalue weighted by Crippen LogP contribution is 2.32. The molecule has 1 N–H and O–H groups in total. The molecule has 0 fully saturated rings. The first-order valence-corrected chi connectivity index (χ1v) is 10.9. The number of aryl methyl sites for hydroxylation is 1. The number of rotatable bonds is 7. The quantitative estimate of drug-likeness (QED) is 0.592. The summed E-state index contributed by atoms with van der Waals surface area (Å²) in [6, 6.07) is 6.00. The van der Waals surface area contributed by atoms with Crippen LogP contribution in [0.15, 0.2) is 23.4 Å². The molecule has 0 radical (unpaired) electrons. The molecule has 0 spiro atoms. The third-order valence-corrected chi connectivity index (χ3v) is 6.22. The number of fused-ring (bicyclic) bond motifs is 1. The molecular weight excluding hydrogens is 396 g/mol. The smallest absolute Gasteiger partial charge is 0.236 e. The van der Waals surface area contributed by atoms with E-state index in [9.17, 15) is 4.79 Å². The maximum atomic E-state index is 12.3. The number of carbonyl (C=O) groups is 1. The van der Waals surface area contributed by atoms with Crippen molar-refractivity contribution in [3.8, 4) is 16.3 Å². The Morgan fingerprint density at radius 2 is 2.18 bits per heavy atom. The summed E-state index contributed by atoms with van der Waals surface area (Å²) in [5.41, 5.74) is 2.17. The van der Waals surface area contributed by atoms with Gasteiger partial charge in [0.05, 0.1) is 12.4 Å². The van der Waals surface area contributed by atoms with Crippen LogP contribution in [0.4, 0.5) is 5.13 Å². The van der Waals surface area contributed by atoms with Gasteiger partial charge in [-0.2, -0.15) is 0 Å². The Morgan fingerprint density at radius 1 is 1.29 bits per heavy atom. The molecule has 0 unspecified atom stereocenters. The second kappa shape index (κ2) is 8.27. The van der Waals surface area contributed by atoms with Gasteiger partial charge in [0.2, 0.25) is 11.0 Å². The molecule has 8 nitrogen and oxygen atoms in total. The number of nitrogens with zero attached hydrogens (tertiary/aromatic N) is 5. The van der Waals surface area contributed by atoms with Gasteiger partial charge in [0, 0.05) is 24.9 Å². The fourth-order valence-corrected chi connectivity index (χ4v) is 4.58. The number of hydrogen-bond donors (Lipinski definition) is 1. The summed E-state index contributed by atoms with van der Waals surface area (Å²) >= 11 is 2.73. The Hall–Kier alpha value is -2.46. The van der Waals surface area contributed by atoms with E-state index in [1.165, 1.54) is 28.7 Å². The van der Waals surface area contributed by atoms with Crippen LogP contribution in [0, 0.1) is 0 Å². The molecule has 3 heterocycles. The normalized spacial score (nSPS) is 12.6. The zero-order chi connectivity index (χ0) is 19.5. The van der Waals surface area contributed by atoms with Crippen molar-refractivity contribution >= 4 is 34.1 Å². The highest BCUT2D eigenvalue weighted by atomic mass is 32.2. The predicted molar refractivity (Wildman–Crippen MR) is 109 cm³/mol. The summed E-state index contributed by atoms with van der Waals surface area (Å²) in [6.45, 7) is 5.59. The van der Waals surface area contributed by atoms with Gasteiger partial charge in [0.1, 0.15) is 16.6 Å². The van der Waals surface area contributed by atoms with Gasteiger partial charge in [-0.25, -0.2) is 0 Å². The van der Waals surface area contributed by atoms with E-state index in [4.69, 9.17) is 4.74 Å². The maximum Gasteiger partial charge on any atom is 0.236 e. The molecule has 0 aliphatic carbocycles. The van der Waals surface area contributed by atoms with Crippen LogP contribution in [0.2, 0.25) is 0 Å². The zero-order valence-electron chi connectivity index (χ0n) is 15.6. The van der Waals surface area contributed by atoms with Crippen molar-refractivity contribution in [3.63, 3.8) is 0 Å². The minimum absolute atomic E-state index is 0.140. The number of anilines is 1. The molecule has 4 rings (SSSR count). The van der Waals surface area contributed by atoms with Crippen molar-refractivity contribution in [1.29, 1.82) is 0 Å². The molecule has 1 amide bonds. The number of hydrogen-bond acceptors (Lipinski definition) is 8. The first kappa shape index (κ1) is 18.9. The van der Waals surface area contributed by atoms with E-state index >= 15 is 0 Å². The van der Waals surface area contributed by atoms with Crippen molar-refractivity contribution in [1.82, 2.24) is 25.0 Å². The van der Waals surface area contributed by atoms with E-state index in [2.05, 4.69) is 31.8 Å². The summed E-state index contributed by atoms with van der Waals surface area (Å²) in [6.07, 6.45) is 1.72. The summed E-state index contributed by atoms with van der Waals surface area (Å²) in [4.78, 5) is 12.3. The second-order valence-corrected chi connectivity index (χ2v) is 8.09. The molecule has 2 aromatic heterocycles. The first-order chi connectivity index (χ1) is 13.7. The Labute approximate surface area is 170 Å². The molecule has 146 valence electrons. The molecule has 0 atom stereocenters. The van der Waals surface area contributed by atoms with Crippen LogP contribution in [0.25, 0.3) is 10.6 Å². The van der Waals surface area contributed by atoms with Crippen molar-refractivity contribution in [2.75, 3.05) is 17.7 Å². The average Bonchev–Trinajstić information content (AvgIpc) is 3.44. The van der Waals surface area contributed by atoms with Crippen molar-refractivity contribution in [2.24, 2.45) is 0 Å².